The first-order chi connectivity index (χ1) is 13.3. The summed E-state index contributed by atoms with van der Waals surface area (Å²) >= 11 is 0. The number of aliphatic hydroxyl groups is 1. The Bertz CT molecular complexity index is 1180. The van der Waals surface area contributed by atoms with Gasteiger partial charge in [-0.15, -0.1) is 6.07 Å². The molecule has 0 atom stereocenters. The maximum atomic E-state index is 10.0. The molecule has 4 rings (SSSR count). The van der Waals surface area contributed by atoms with Crippen molar-refractivity contribution in [2.75, 3.05) is 0 Å². The number of aromatic nitrogens is 1. The fourth-order valence-corrected chi connectivity index (χ4v) is 2.72. The predicted molar refractivity (Wildman–Crippen MR) is 107 cm³/mol. The number of ketones is 1. The molecule has 1 aromatic carbocycles. The van der Waals surface area contributed by atoms with Crippen LogP contribution in [0, 0.1) is 6.07 Å². The first-order valence-corrected chi connectivity index (χ1v) is 8.94. The second-order valence-electron chi connectivity index (χ2n) is 6.72. The Morgan fingerprint density at radius 2 is 2.07 bits per heavy atom. The third-order valence-corrected chi connectivity index (χ3v) is 3.99. The van der Waals surface area contributed by atoms with E-state index in [0.29, 0.717) is 11.8 Å². The van der Waals surface area contributed by atoms with Crippen LogP contribution in [0.4, 0.5) is 5.69 Å². The number of aliphatic hydroxyl groups excluding tert-OH is 1. The molecule has 0 bridgehead atoms. The van der Waals surface area contributed by atoms with Gasteiger partial charge in [0.1, 0.15) is 5.69 Å². The average molecular weight is 569 g/mol. The van der Waals surface area contributed by atoms with Crippen LogP contribution in [0.5, 0.6) is 0 Å². The summed E-state index contributed by atoms with van der Waals surface area (Å²) in [7, 11) is 0. The van der Waals surface area contributed by atoms with Gasteiger partial charge >= 0.3 is 6.01 Å². The van der Waals surface area contributed by atoms with E-state index in [9.17, 15) is 4.79 Å². The molecule has 1 aliphatic heterocycles. The van der Waals surface area contributed by atoms with Gasteiger partial charge in [-0.05, 0) is 39.1 Å². The summed E-state index contributed by atoms with van der Waals surface area (Å²) in [6.07, 6.45) is 6.88. The van der Waals surface area contributed by atoms with Gasteiger partial charge in [0.15, 0.2) is 11.8 Å². The number of rotatable bonds is 3. The van der Waals surface area contributed by atoms with Crippen molar-refractivity contribution in [3.05, 3.63) is 60.8 Å². The number of furan rings is 1. The molecule has 0 saturated heterocycles. The molecule has 7 heteroatoms. The van der Waals surface area contributed by atoms with E-state index in [1.807, 2.05) is 45.8 Å². The zero-order valence-electron chi connectivity index (χ0n) is 16.6. The van der Waals surface area contributed by atoms with E-state index >= 15 is 0 Å². The van der Waals surface area contributed by atoms with Crippen LogP contribution in [0.1, 0.15) is 27.7 Å². The minimum absolute atomic E-state index is 0. The van der Waals surface area contributed by atoms with Crippen LogP contribution in [0.3, 0.4) is 0 Å². The van der Waals surface area contributed by atoms with Gasteiger partial charge in [-0.3, -0.25) is 4.79 Å². The molecular formula is C22H22IrN3O3+. The van der Waals surface area contributed by atoms with Gasteiger partial charge in [0.25, 0.3) is 6.20 Å². The standard InChI is InChI=1S/C17H14N3O.C5H8O2.Ir/c1-12(2)19-8-9-20(11-19)13-5-6-14-15-4-3-7-18-17(15)21-16(14)10-13;1-4(6)3-5(2)7;/h3-4,6-10,12H,1-2H3;3,6H,1-2H3;/q+1;;/b;4-3-;. The summed E-state index contributed by atoms with van der Waals surface area (Å²) in [5.41, 5.74) is 2.38. The summed E-state index contributed by atoms with van der Waals surface area (Å²) < 4.78 is 9.75. The molecular weight excluding hydrogens is 546 g/mol. The van der Waals surface area contributed by atoms with Crippen LogP contribution < -0.4 is 0 Å². The van der Waals surface area contributed by atoms with Crippen LogP contribution in [0.25, 0.3) is 22.1 Å². The van der Waals surface area contributed by atoms with Gasteiger partial charge < -0.3 is 9.52 Å². The minimum atomic E-state index is -0.125. The van der Waals surface area contributed by atoms with Gasteiger partial charge in [-0.1, -0.05) is 26.7 Å². The van der Waals surface area contributed by atoms with Crippen LogP contribution in [-0.2, 0) is 24.9 Å². The monoisotopic (exact) mass is 569 g/mol. The topological polar surface area (TPSA) is 69.3 Å². The van der Waals surface area contributed by atoms with Crippen molar-refractivity contribution in [3.8, 4) is 0 Å². The second kappa shape index (κ2) is 9.57. The molecule has 0 fully saturated rings. The van der Waals surface area contributed by atoms with E-state index in [-0.39, 0.29) is 31.6 Å². The van der Waals surface area contributed by atoms with Crippen LogP contribution in [0.15, 0.2) is 59.1 Å². The Balaban J connectivity index is 0.000000327. The van der Waals surface area contributed by atoms with E-state index < -0.39 is 0 Å². The molecule has 0 unspecified atom stereocenters. The van der Waals surface area contributed by atoms with E-state index in [2.05, 4.69) is 30.9 Å². The van der Waals surface area contributed by atoms with Gasteiger partial charge in [-0.2, -0.15) is 6.07 Å². The van der Waals surface area contributed by atoms with Crippen molar-refractivity contribution < 1.29 is 43.6 Å². The largest absolute Gasteiger partial charge is 0.512 e. The third-order valence-electron chi connectivity index (χ3n) is 3.99. The Morgan fingerprint density at radius 1 is 1.31 bits per heavy atom. The predicted octanol–water partition coefficient (Wildman–Crippen LogP) is 4.54. The molecule has 1 aliphatic rings. The Kier molecular flexibility index (Phi) is 7.40. The Labute approximate surface area is 182 Å². The zero-order chi connectivity index (χ0) is 20.3. The number of fused-ring (bicyclic) bond motifs is 3. The van der Waals surface area contributed by atoms with Crippen LogP contribution in [0.2, 0.25) is 0 Å². The fourth-order valence-electron chi connectivity index (χ4n) is 2.72. The molecule has 1 N–H and O–H groups in total. The van der Waals surface area contributed by atoms with Gasteiger partial charge in [0.2, 0.25) is 11.9 Å². The van der Waals surface area contributed by atoms with Crippen molar-refractivity contribution in [2.24, 2.45) is 0 Å². The Morgan fingerprint density at radius 3 is 2.66 bits per heavy atom. The van der Waals surface area contributed by atoms with Crippen LogP contribution >= 0.6 is 0 Å². The number of hydrogen-bond acceptors (Lipinski definition) is 4. The summed E-state index contributed by atoms with van der Waals surface area (Å²) in [6, 6.07) is 14.8. The van der Waals surface area contributed by atoms with E-state index in [1.54, 1.807) is 6.20 Å². The zero-order valence-corrected chi connectivity index (χ0v) is 19.0. The molecule has 0 saturated carbocycles. The maximum absolute atomic E-state index is 10.0. The summed E-state index contributed by atoms with van der Waals surface area (Å²) in [4.78, 5) is 14.3. The number of allylic oxidation sites excluding steroid dienone is 2. The first kappa shape index (κ1) is 22.4. The summed E-state index contributed by atoms with van der Waals surface area (Å²) in [5, 5.41) is 10.4. The number of carbonyl (C=O) groups excluding carboxylic acids is 1. The van der Waals surface area contributed by atoms with Crippen molar-refractivity contribution in [1.29, 1.82) is 0 Å². The van der Waals surface area contributed by atoms with E-state index in [0.717, 1.165) is 22.0 Å². The number of carbonyl (C=O) groups is 1. The number of pyridine rings is 1. The van der Waals surface area contributed by atoms with Gasteiger partial charge in [-0.25, -0.2) is 4.98 Å². The summed E-state index contributed by atoms with van der Waals surface area (Å²) in [6.45, 7) is 7.10. The molecule has 151 valence electrons. The normalized spacial score (nSPS) is 13.1. The summed E-state index contributed by atoms with van der Waals surface area (Å²) in [5.74, 6) is -0.0625. The molecule has 6 nitrogen and oxygen atoms in total. The minimum Gasteiger partial charge on any atom is -0.512 e. The maximum Gasteiger partial charge on any atom is 0.493 e. The molecule has 0 spiro atoms. The molecule has 0 aliphatic carbocycles. The third kappa shape index (κ3) is 5.36. The Hall–Kier alpha value is -2.85. The van der Waals surface area contributed by atoms with Crippen LogP contribution in [-0.4, -0.2) is 37.1 Å². The SMILES string of the molecule is CC(=O)/C=C(/C)O.CC(C)[N+]1=C=[N+](c2[c-]cc3c(c2)oc2ncccc23)C=C1.[Ir]. The molecule has 0 amide bonds. The average Bonchev–Trinajstić information content (AvgIpc) is 3.25. The van der Waals surface area contributed by atoms with Gasteiger partial charge in [0.05, 0.1) is 5.76 Å². The number of hydrogen-bond donors (Lipinski definition) is 1. The quantitative estimate of drug-likeness (QED) is 0.218. The first-order valence-electron chi connectivity index (χ1n) is 8.94. The van der Waals surface area contributed by atoms with Crippen molar-refractivity contribution >= 4 is 39.5 Å². The van der Waals surface area contributed by atoms with Gasteiger partial charge in [0, 0.05) is 38.0 Å². The number of benzene rings is 1. The van der Waals surface area contributed by atoms with Crippen molar-refractivity contribution in [3.63, 3.8) is 0 Å². The molecule has 3 aromatic rings. The van der Waals surface area contributed by atoms with E-state index in [1.165, 1.54) is 19.9 Å². The van der Waals surface area contributed by atoms with Crippen molar-refractivity contribution in [1.82, 2.24) is 4.98 Å². The second-order valence-corrected chi connectivity index (χ2v) is 6.72. The molecule has 3 heterocycles. The fraction of sp³-hybridized carbons (Fsp3) is 0.227. The molecule has 29 heavy (non-hydrogen) atoms. The smallest absolute Gasteiger partial charge is 0.493 e. The molecule has 1 radical (unpaired) electrons. The van der Waals surface area contributed by atoms with E-state index in [4.69, 9.17) is 9.52 Å². The molecule has 2 aromatic heterocycles. The number of nitrogens with zero attached hydrogens (tertiary/aromatic N) is 3. The van der Waals surface area contributed by atoms with Crippen molar-refractivity contribution in [2.45, 2.75) is 33.7 Å².